The van der Waals surface area contributed by atoms with E-state index in [0.717, 1.165) is 34.1 Å². The van der Waals surface area contributed by atoms with Crippen LogP contribution in [0.4, 0.5) is 34.1 Å². The summed E-state index contributed by atoms with van der Waals surface area (Å²) in [6.45, 7) is 6.28. The number of rotatable bonds is 0. The molecule has 4 aliphatic rings. The van der Waals surface area contributed by atoms with Crippen LogP contribution in [0.3, 0.4) is 0 Å². The molecule has 0 radical (unpaired) electrons. The molecule has 0 bridgehead atoms. The maximum Gasteiger partial charge on any atom is 0.268 e. The summed E-state index contributed by atoms with van der Waals surface area (Å²) in [6, 6.07) is 19.0. The van der Waals surface area contributed by atoms with Crippen LogP contribution in [0.2, 0.25) is 0 Å². The predicted octanol–water partition coefficient (Wildman–Crippen LogP) is 8.38. The van der Waals surface area contributed by atoms with Crippen molar-refractivity contribution in [1.82, 2.24) is 0 Å². The molecule has 3 spiro atoms. The van der Waals surface area contributed by atoms with Crippen molar-refractivity contribution in [2.45, 2.75) is 20.8 Å². The number of anilines is 6. The van der Waals surface area contributed by atoms with Gasteiger partial charge < -0.3 is 30.5 Å². The third-order valence-corrected chi connectivity index (χ3v) is 15.5. The summed E-state index contributed by atoms with van der Waals surface area (Å²) in [4.78, 5) is 0. The molecule has 168 valence electrons. The Morgan fingerprint density at radius 1 is 0.424 bits per heavy atom. The lowest BCUT2D eigenvalue weighted by Crippen LogP contribution is -2.07. The zero-order chi connectivity index (χ0) is 22.4. The lowest BCUT2D eigenvalue weighted by atomic mass is 10.2. The van der Waals surface area contributed by atoms with Crippen LogP contribution in [0.1, 0.15) is 16.7 Å². The first-order valence-corrected chi connectivity index (χ1v) is 15.8. The molecule has 0 aromatic heterocycles. The van der Waals surface area contributed by atoms with Crippen molar-refractivity contribution in [3.05, 3.63) is 71.3 Å². The summed E-state index contributed by atoms with van der Waals surface area (Å²) in [5.41, 5.74) is 9.77. The summed E-state index contributed by atoms with van der Waals surface area (Å²) in [7, 11) is -7.64. The van der Waals surface area contributed by atoms with Crippen molar-refractivity contribution in [2.75, 3.05) is 30.5 Å². The predicted molar refractivity (Wildman–Crippen MR) is 143 cm³/mol. The fraction of sp³-hybridized carbons (Fsp3) is 0.143. The minimum Gasteiger partial charge on any atom is -0.317 e. The van der Waals surface area contributed by atoms with Crippen LogP contribution >= 0.6 is 22.5 Å². The molecule has 12 heteroatoms. The van der Waals surface area contributed by atoms with E-state index in [2.05, 4.69) is 106 Å². The third-order valence-electron chi connectivity index (χ3n) is 5.96. The van der Waals surface area contributed by atoms with E-state index in [1.165, 1.54) is 16.7 Å². The summed E-state index contributed by atoms with van der Waals surface area (Å²) in [6.07, 6.45) is 0. The van der Waals surface area contributed by atoms with Crippen LogP contribution in [0.15, 0.2) is 68.1 Å². The number of hydrogen-bond acceptors (Lipinski definition) is 9. The van der Waals surface area contributed by atoms with E-state index >= 15 is 0 Å². The van der Waals surface area contributed by atoms with Gasteiger partial charge in [-0.25, -0.2) is 0 Å². The SMILES string of the molecule is Cc1ccc2c(c1)NP1(=NP3(=NP4(=N1)Nc1ccc(C)cc1N4)Nc1ccc(C)cc1N3)N2. The van der Waals surface area contributed by atoms with Crippen LogP contribution in [-0.2, 0) is 0 Å². The van der Waals surface area contributed by atoms with Gasteiger partial charge in [-0.15, -0.1) is 0 Å². The molecular weight excluding hydrogens is 471 g/mol. The molecule has 9 nitrogen and oxygen atoms in total. The lowest BCUT2D eigenvalue weighted by Gasteiger charge is -2.31. The number of nitrogens with zero attached hydrogens (tertiary/aromatic N) is 3. The van der Waals surface area contributed by atoms with Gasteiger partial charge >= 0.3 is 0 Å². The average molecular weight is 495 g/mol. The number of aryl methyl sites for hydroxylation is 3. The minimum absolute atomic E-state index is 1.03. The van der Waals surface area contributed by atoms with Crippen LogP contribution in [0.25, 0.3) is 0 Å². The topological polar surface area (TPSA) is 109 Å². The molecule has 0 saturated carbocycles. The number of fused-ring (bicyclic) bond motifs is 3. The summed E-state index contributed by atoms with van der Waals surface area (Å²) in [5, 5.41) is 22.0. The van der Waals surface area contributed by atoms with Crippen molar-refractivity contribution in [1.29, 1.82) is 0 Å². The Labute approximate surface area is 192 Å². The van der Waals surface area contributed by atoms with Crippen molar-refractivity contribution in [3.63, 3.8) is 0 Å². The molecule has 7 rings (SSSR count). The Bertz CT molecular complexity index is 1360. The zero-order valence-corrected chi connectivity index (χ0v) is 21.1. The van der Waals surface area contributed by atoms with E-state index in [1.807, 2.05) is 0 Å². The molecule has 0 saturated heterocycles. The van der Waals surface area contributed by atoms with Gasteiger partial charge in [-0.05, 0) is 73.9 Å². The molecule has 4 heterocycles. The van der Waals surface area contributed by atoms with Crippen molar-refractivity contribution >= 4 is 56.6 Å². The molecule has 0 amide bonds. The summed E-state index contributed by atoms with van der Waals surface area (Å²) in [5.74, 6) is 0. The van der Waals surface area contributed by atoms with Gasteiger partial charge in [0.25, 0.3) is 22.5 Å². The van der Waals surface area contributed by atoms with Crippen molar-refractivity contribution in [3.8, 4) is 0 Å². The molecule has 3 aromatic rings. The molecule has 6 N–H and O–H groups in total. The second kappa shape index (κ2) is 6.38. The zero-order valence-electron chi connectivity index (χ0n) is 18.4. The smallest absolute Gasteiger partial charge is 0.268 e. The Hall–Kier alpha value is -2.85. The average Bonchev–Trinajstić information content (AvgIpc) is 3.36. The van der Waals surface area contributed by atoms with E-state index in [9.17, 15) is 0 Å². The highest BCUT2D eigenvalue weighted by Crippen LogP contribution is 2.80. The normalized spacial score (nSPS) is 29.2. The van der Waals surface area contributed by atoms with E-state index < -0.39 is 22.5 Å². The maximum absolute atomic E-state index is 5.32. The van der Waals surface area contributed by atoms with Gasteiger partial charge in [0.2, 0.25) is 0 Å². The van der Waals surface area contributed by atoms with Gasteiger partial charge in [0, 0.05) is 0 Å². The van der Waals surface area contributed by atoms with E-state index in [-0.39, 0.29) is 0 Å². The van der Waals surface area contributed by atoms with Crippen LogP contribution in [0, 0.1) is 20.8 Å². The highest BCUT2D eigenvalue weighted by Gasteiger charge is 2.45. The second-order valence-electron chi connectivity index (χ2n) is 8.89. The first kappa shape index (κ1) is 19.6. The van der Waals surface area contributed by atoms with Crippen LogP contribution < -0.4 is 30.5 Å². The Balaban J connectivity index is 1.43. The molecular formula is C21H24N9P3. The number of hydrogen-bond donors (Lipinski definition) is 6. The van der Waals surface area contributed by atoms with Gasteiger partial charge in [0.1, 0.15) is 0 Å². The van der Waals surface area contributed by atoms with Gasteiger partial charge in [0.05, 0.1) is 34.1 Å². The first-order chi connectivity index (χ1) is 15.8. The third kappa shape index (κ3) is 3.03. The fourth-order valence-electron chi connectivity index (χ4n) is 4.52. The summed E-state index contributed by atoms with van der Waals surface area (Å²) < 4.78 is 16.0. The fourth-order valence-corrected chi connectivity index (χ4v) is 15.9. The largest absolute Gasteiger partial charge is 0.317 e. The second-order valence-corrected chi connectivity index (χ2v) is 16.0. The molecule has 0 aliphatic carbocycles. The van der Waals surface area contributed by atoms with Gasteiger partial charge in [-0.2, -0.15) is 13.5 Å². The monoisotopic (exact) mass is 495 g/mol. The molecule has 3 aromatic carbocycles. The molecule has 0 unspecified atom stereocenters. The summed E-state index contributed by atoms with van der Waals surface area (Å²) >= 11 is 0. The standard InChI is InChI=1S/C21H24N9P3/c1-13-4-7-16-19(10-13)25-31(22-16)28-32(23-17-8-5-14(2)11-20(17)26-32)30-33(29-31)24-18-9-6-15(3)12-21(18)27-33/h4-12,22-27H,1-3H3. The van der Waals surface area contributed by atoms with Gasteiger partial charge in [-0.1, -0.05) is 18.2 Å². The molecule has 0 atom stereocenters. The molecule has 33 heavy (non-hydrogen) atoms. The van der Waals surface area contributed by atoms with Gasteiger partial charge in [0.15, 0.2) is 0 Å². The van der Waals surface area contributed by atoms with Crippen LogP contribution in [0.5, 0.6) is 0 Å². The van der Waals surface area contributed by atoms with Crippen molar-refractivity contribution in [2.24, 2.45) is 13.5 Å². The molecule has 0 fully saturated rings. The van der Waals surface area contributed by atoms with Crippen molar-refractivity contribution < 1.29 is 0 Å². The Kier molecular flexibility index (Phi) is 3.79. The molecule has 4 aliphatic heterocycles. The first-order valence-electron chi connectivity index (χ1n) is 10.8. The highest BCUT2D eigenvalue weighted by molar-refractivity contribution is 7.90. The maximum atomic E-state index is 5.32. The number of nitrogens with one attached hydrogen (secondary N) is 6. The van der Waals surface area contributed by atoms with Gasteiger partial charge in [-0.3, -0.25) is 0 Å². The van der Waals surface area contributed by atoms with E-state index in [4.69, 9.17) is 13.5 Å². The minimum atomic E-state index is -2.55. The Morgan fingerprint density at radius 3 is 1.00 bits per heavy atom. The highest BCUT2D eigenvalue weighted by atomic mass is 31.3. The van der Waals surface area contributed by atoms with E-state index in [0.29, 0.717) is 0 Å². The Morgan fingerprint density at radius 2 is 0.697 bits per heavy atom. The van der Waals surface area contributed by atoms with E-state index in [1.54, 1.807) is 0 Å². The van der Waals surface area contributed by atoms with Crippen LogP contribution in [-0.4, -0.2) is 0 Å². The lowest BCUT2D eigenvalue weighted by molar-refractivity contribution is 1.48. The quantitative estimate of drug-likeness (QED) is 0.175. The number of benzene rings is 3.